The summed E-state index contributed by atoms with van der Waals surface area (Å²) in [5, 5.41) is 12.6. The first-order chi connectivity index (χ1) is 11.3. The van der Waals surface area contributed by atoms with Crippen molar-refractivity contribution < 1.29 is 14.7 Å². The van der Waals surface area contributed by atoms with Gasteiger partial charge in [0.25, 0.3) is 0 Å². The Morgan fingerprint density at radius 3 is 2.75 bits per heavy atom. The molecule has 2 aliphatic rings. The first-order valence-corrected chi connectivity index (χ1v) is 9.13. The Kier molecular flexibility index (Phi) is 4.71. The van der Waals surface area contributed by atoms with Gasteiger partial charge in [-0.2, -0.15) is 0 Å². The van der Waals surface area contributed by atoms with E-state index < -0.39 is 5.54 Å². The summed E-state index contributed by atoms with van der Waals surface area (Å²) < 4.78 is 0.996. The Labute approximate surface area is 150 Å². The van der Waals surface area contributed by atoms with Crippen molar-refractivity contribution in [2.24, 2.45) is 11.8 Å². The third-order valence-electron chi connectivity index (χ3n) is 5.16. The molecule has 2 atom stereocenters. The highest BCUT2D eigenvalue weighted by Crippen LogP contribution is 2.39. The van der Waals surface area contributed by atoms with Crippen LogP contribution in [-0.2, 0) is 9.59 Å². The van der Waals surface area contributed by atoms with Crippen LogP contribution in [0.2, 0.25) is 0 Å². The molecule has 1 aliphatic heterocycles. The molecular weight excluding hydrogens is 372 g/mol. The number of aliphatic hydroxyl groups excluding tert-OH is 1. The van der Waals surface area contributed by atoms with Crippen LogP contribution in [0.4, 0.5) is 5.69 Å². The molecule has 130 valence electrons. The van der Waals surface area contributed by atoms with E-state index in [0.29, 0.717) is 12.5 Å². The highest BCUT2D eigenvalue weighted by Gasteiger charge is 2.44. The summed E-state index contributed by atoms with van der Waals surface area (Å²) in [6, 6.07) is 5.75. The molecule has 1 saturated heterocycles. The van der Waals surface area contributed by atoms with Gasteiger partial charge in [-0.3, -0.25) is 9.59 Å². The van der Waals surface area contributed by atoms with E-state index in [2.05, 4.69) is 21.2 Å². The van der Waals surface area contributed by atoms with Crippen LogP contribution >= 0.6 is 15.9 Å². The molecule has 0 radical (unpaired) electrons. The lowest BCUT2D eigenvalue weighted by Crippen LogP contribution is -2.52. The van der Waals surface area contributed by atoms with E-state index >= 15 is 0 Å². The first kappa shape index (κ1) is 17.4. The fourth-order valence-electron chi connectivity index (χ4n) is 3.30. The van der Waals surface area contributed by atoms with Crippen molar-refractivity contribution in [3.05, 3.63) is 28.2 Å². The molecule has 0 spiro atoms. The SMILES string of the molecule is Cc1cc(N2CC(C(=O)NC(C)(CO)C3CC3)CC2=O)ccc1Br. The molecule has 1 aromatic carbocycles. The Balaban J connectivity index is 1.69. The van der Waals surface area contributed by atoms with Crippen molar-refractivity contribution in [3.63, 3.8) is 0 Å². The molecule has 1 heterocycles. The highest BCUT2D eigenvalue weighted by molar-refractivity contribution is 9.10. The van der Waals surface area contributed by atoms with Gasteiger partial charge in [-0.15, -0.1) is 0 Å². The van der Waals surface area contributed by atoms with Crippen molar-refractivity contribution in [2.75, 3.05) is 18.1 Å². The molecule has 0 aromatic heterocycles. The summed E-state index contributed by atoms with van der Waals surface area (Å²) in [5.41, 5.74) is 1.31. The van der Waals surface area contributed by atoms with E-state index in [1.165, 1.54) is 0 Å². The minimum absolute atomic E-state index is 0.0333. The molecule has 3 rings (SSSR count). The zero-order chi connectivity index (χ0) is 17.5. The number of hydrogen-bond acceptors (Lipinski definition) is 3. The third-order valence-corrected chi connectivity index (χ3v) is 6.05. The number of hydrogen-bond donors (Lipinski definition) is 2. The molecule has 0 bridgehead atoms. The van der Waals surface area contributed by atoms with E-state index in [1.807, 2.05) is 32.0 Å². The van der Waals surface area contributed by atoms with E-state index in [1.54, 1.807) is 4.90 Å². The van der Waals surface area contributed by atoms with Crippen molar-refractivity contribution in [1.29, 1.82) is 0 Å². The van der Waals surface area contributed by atoms with Gasteiger partial charge in [-0.25, -0.2) is 0 Å². The Morgan fingerprint density at radius 2 is 2.17 bits per heavy atom. The molecular formula is C18H23BrN2O3. The van der Waals surface area contributed by atoms with Crippen LogP contribution in [0.5, 0.6) is 0 Å². The second-order valence-corrected chi connectivity index (χ2v) is 8.03. The minimum atomic E-state index is -0.568. The van der Waals surface area contributed by atoms with Crippen LogP contribution in [0.3, 0.4) is 0 Å². The maximum atomic E-state index is 12.6. The maximum Gasteiger partial charge on any atom is 0.227 e. The number of carbonyl (C=O) groups is 2. The van der Waals surface area contributed by atoms with Gasteiger partial charge in [0.2, 0.25) is 11.8 Å². The molecule has 1 aromatic rings. The van der Waals surface area contributed by atoms with Crippen molar-refractivity contribution in [3.8, 4) is 0 Å². The van der Waals surface area contributed by atoms with Gasteiger partial charge in [0.15, 0.2) is 0 Å². The largest absolute Gasteiger partial charge is 0.394 e. The van der Waals surface area contributed by atoms with E-state index in [4.69, 9.17) is 0 Å². The molecule has 24 heavy (non-hydrogen) atoms. The number of nitrogens with zero attached hydrogens (tertiary/aromatic N) is 1. The number of benzene rings is 1. The fraction of sp³-hybridized carbons (Fsp3) is 0.556. The average molecular weight is 395 g/mol. The number of rotatable bonds is 5. The number of nitrogens with one attached hydrogen (secondary N) is 1. The van der Waals surface area contributed by atoms with Crippen molar-refractivity contribution in [2.45, 2.75) is 38.6 Å². The summed E-state index contributed by atoms with van der Waals surface area (Å²) in [6.45, 7) is 4.17. The summed E-state index contributed by atoms with van der Waals surface area (Å²) in [4.78, 5) is 26.6. The lowest BCUT2D eigenvalue weighted by atomic mass is 9.95. The Hall–Kier alpha value is -1.40. The molecule has 1 saturated carbocycles. The average Bonchev–Trinajstić information content (AvgIpc) is 3.33. The van der Waals surface area contributed by atoms with E-state index in [9.17, 15) is 14.7 Å². The molecule has 2 unspecified atom stereocenters. The molecule has 2 amide bonds. The quantitative estimate of drug-likeness (QED) is 0.805. The topological polar surface area (TPSA) is 69.6 Å². The van der Waals surface area contributed by atoms with Crippen LogP contribution < -0.4 is 10.2 Å². The molecule has 5 nitrogen and oxygen atoms in total. The predicted octanol–water partition coefficient (Wildman–Crippen LogP) is 2.39. The number of aliphatic hydroxyl groups is 1. The standard InChI is InChI=1S/C18H23BrN2O3/c1-11-7-14(5-6-15(11)19)21-9-12(8-16(21)23)17(24)20-18(2,10-22)13-3-4-13/h5-7,12-13,22H,3-4,8-10H2,1-2H3,(H,20,24). The first-order valence-electron chi connectivity index (χ1n) is 8.33. The van der Waals surface area contributed by atoms with Gasteiger partial charge in [0.1, 0.15) is 0 Å². The second-order valence-electron chi connectivity index (χ2n) is 7.18. The van der Waals surface area contributed by atoms with E-state index in [-0.39, 0.29) is 30.8 Å². The lowest BCUT2D eigenvalue weighted by molar-refractivity contribution is -0.128. The summed E-state index contributed by atoms with van der Waals surface area (Å²) in [6.07, 6.45) is 2.28. The van der Waals surface area contributed by atoms with Crippen LogP contribution in [0, 0.1) is 18.8 Å². The van der Waals surface area contributed by atoms with Crippen molar-refractivity contribution >= 4 is 33.4 Å². The normalized spacial score (nSPS) is 23.2. The summed E-state index contributed by atoms with van der Waals surface area (Å²) >= 11 is 3.46. The molecule has 1 aliphatic carbocycles. The zero-order valence-electron chi connectivity index (χ0n) is 14.0. The van der Waals surface area contributed by atoms with E-state index in [0.717, 1.165) is 28.6 Å². The summed E-state index contributed by atoms with van der Waals surface area (Å²) in [5.74, 6) is -0.197. The number of carbonyl (C=O) groups excluding carboxylic acids is 2. The molecule has 6 heteroatoms. The third kappa shape index (κ3) is 3.35. The number of aryl methyl sites for hydroxylation is 1. The molecule has 2 N–H and O–H groups in total. The molecule has 2 fully saturated rings. The van der Waals surface area contributed by atoms with Crippen LogP contribution in [0.1, 0.15) is 31.7 Å². The number of amides is 2. The number of anilines is 1. The lowest BCUT2D eigenvalue weighted by Gasteiger charge is -2.30. The van der Waals surface area contributed by atoms with Crippen LogP contribution in [0.15, 0.2) is 22.7 Å². The minimum Gasteiger partial charge on any atom is -0.394 e. The monoisotopic (exact) mass is 394 g/mol. The Morgan fingerprint density at radius 1 is 1.46 bits per heavy atom. The fourth-order valence-corrected chi connectivity index (χ4v) is 3.55. The number of halogens is 1. The highest BCUT2D eigenvalue weighted by atomic mass is 79.9. The van der Waals surface area contributed by atoms with Gasteiger partial charge in [0, 0.05) is 23.1 Å². The van der Waals surface area contributed by atoms with Gasteiger partial charge >= 0.3 is 0 Å². The van der Waals surface area contributed by atoms with Crippen molar-refractivity contribution in [1.82, 2.24) is 5.32 Å². The van der Waals surface area contributed by atoms with Crippen LogP contribution in [0.25, 0.3) is 0 Å². The zero-order valence-corrected chi connectivity index (χ0v) is 15.6. The van der Waals surface area contributed by atoms with Gasteiger partial charge < -0.3 is 15.3 Å². The predicted molar refractivity (Wildman–Crippen MR) is 95.7 cm³/mol. The Bertz CT molecular complexity index is 674. The maximum absolute atomic E-state index is 12.6. The summed E-state index contributed by atoms with van der Waals surface area (Å²) in [7, 11) is 0. The van der Waals surface area contributed by atoms with Gasteiger partial charge in [-0.05, 0) is 56.4 Å². The van der Waals surface area contributed by atoms with Gasteiger partial charge in [-0.1, -0.05) is 15.9 Å². The smallest absolute Gasteiger partial charge is 0.227 e. The van der Waals surface area contributed by atoms with Gasteiger partial charge in [0.05, 0.1) is 18.1 Å². The second kappa shape index (κ2) is 6.48. The van der Waals surface area contributed by atoms with Crippen LogP contribution in [-0.4, -0.2) is 35.6 Å².